The van der Waals surface area contributed by atoms with Gasteiger partial charge in [-0.3, -0.25) is 10.1 Å². The summed E-state index contributed by atoms with van der Waals surface area (Å²) >= 11 is 5.70. The van der Waals surface area contributed by atoms with E-state index in [0.717, 1.165) is 18.9 Å². The van der Waals surface area contributed by atoms with Crippen LogP contribution in [0, 0.1) is 10.1 Å². The number of nitrogens with zero attached hydrogens (tertiary/aromatic N) is 2. The first-order chi connectivity index (χ1) is 9.46. The first kappa shape index (κ1) is 15.2. The maximum Gasteiger partial charge on any atom is 0.270 e. The molecule has 2 rings (SSSR count). The monoisotopic (exact) mass is 318 g/mol. The molecule has 1 fully saturated rings. The third-order valence-electron chi connectivity index (χ3n) is 3.40. The predicted octanol–water partition coefficient (Wildman–Crippen LogP) is 2.38. The van der Waals surface area contributed by atoms with Crippen LogP contribution >= 0.6 is 11.6 Å². The molecule has 0 N–H and O–H groups in total. The van der Waals surface area contributed by atoms with E-state index in [0.29, 0.717) is 18.8 Å². The highest BCUT2D eigenvalue weighted by atomic mass is 35.5. The van der Waals surface area contributed by atoms with Crippen LogP contribution in [0.5, 0.6) is 0 Å². The van der Waals surface area contributed by atoms with Crippen molar-refractivity contribution in [2.45, 2.75) is 30.2 Å². The molecule has 1 heterocycles. The van der Waals surface area contributed by atoms with Gasteiger partial charge in [-0.25, -0.2) is 8.42 Å². The maximum atomic E-state index is 12.6. The summed E-state index contributed by atoms with van der Waals surface area (Å²) in [6, 6.07) is 5.04. The largest absolute Gasteiger partial charge is 0.270 e. The number of hydrogen-bond acceptors (Lipinski definition) is 4. The molecule has 1 aromatic rings. The Balaban J connectivity index is 2.34. The second-order valence-electron chi connectivity index (χ2n) is 4.64. The molecule has 1 aliphatic rings. The smallest absolute Gasteiger partial charge is 0.258 e. The van der Waals surface area contributed by atoms with Crippen molar-refractivity contribution in [1.29, 1.82) is 0 Å². The number of nitro groups is 1. The second kappa shape index (κ2) is 6.07. The van der Waals surface area contributed by atoms with Gasteiger partial charge in [0.05, 0.1) is 9.82 Å². The molecule has 0 bridgehead atoms. The van der Waals surface area contributed by atoms with Crippen molar-refractivity contribution in [3.8, 4) is 0 Å². The van der Waals surface area contributed by atoms with E-state index in [2.05, 4.69) is 0 Å². The number of rotatable bonds is 5. The zero-order valence-corrected chi connectivity index (χ0v) is 12.3. The molecule has 1 atom stereocenters. The van der Waals surface area contributed by atoms with E-state index in [9.17, 15) is 18.5 Å². The Kier molecular flexibility index (Phi) is 4.62. The number of alkyl halides is 1. The highest BCUT2D eigenvalue weighted by molar-refractivity contribution is 7.89. The van der Waals surface area contributed by atoms with Gasteiger partial charge >= 0.3 is 0 Å². The minimum Gasteiger partial charge on any atom is -0.258 e. The molecule has 1 aromatic carbocycles. The number of halogens is 1. The van der Waals surface area contributed by atoms with Crippen LogP contribution in [0.1, 0.15) is 19.3 Å². The number of sulfonamides is 1. The maximum absolute atomic E-state index is 12.6. The molecule has 1 unspecified atom stereocenters. The summed E-state index contributed by atoms with van der Waals surface area (Å²) < 4.78 is 26.5. The van der Waals surface area contributed by atoms with Gasteiger partial charge in [-0.2, -0.15) is 4.31 Å². The van der Waals surface area contributed by atoms with Gasteiger partial charge in [0, 0.05) is 30.6 Å². The van der Waals surface area contributed by atoms with Crippen molar-refractivity contribution >= 4 is 27.3 Å². The van der Waals surface area contributed by atoms with Gasteiger partial charge in [-0.05, 0) is 25.3 Å². The van der Waals surface area contributed by atoms with Crippen LogP contribution in [-0.4, -0.2) is 36.1 Å². The highest BCUT2D eigenvalue weighted by Gasteiger charge is 2.35. The van der Waals surface area contributed by atoms with E-state index in [-0.39, 0.29) is 16.6 Å². The summed E-state index contributed by atoms with van der Waals surface area (Å²) in [6.45, 7) is 0.437. The molecule has 0 amide bonds. The van der Waals surface area contributed by atoms with Crippen molar-refractivity contribution in [1.82, 2.24) is 4.31 Å². The quantitative estimate of drug-likeness (QED) is 0.474. The molecular formula is C12H15ClN2O4S. The van der Waals surface area contributed by atoms with Gasteiger partial charge < -0.3 is 0 Å². The minimum absolute atomic E-state index is 0.0341. The Bertz CT molecular complexity index is 605. The molecule has 1 saturated heterocycles. The summed E-state index contributed by atoms with van der Waals surface area (Å²) in [7, 11) is -3.70. The Labute approximate surface area is 122 Å². The summed E-state index contributed by atoms with van der Waals surface area (Å²) in [5, 5.41) is 10.7. The summed E-state index contributed by atoms with van der Waals surface area (Å²) in [4.78, 5) is 10.1. The van der Waals surface area contributed by atoms with E-state index in [1.54, 1.807) is 0 Å². The number of non-ortho nitro benzene ring substituents is 1. The Hall–Kier alpha value is -1.18. The molecule has 0 radical (unpaired) electrons. The lowest BCUT2D eigenvalue weighted by molar-refractivity contribution is -0.385. The van der Waals surface area contributed by atoms with E-state index < -0.39 is 14.9 Å². The molecule has 8 heteroatoms. The van der Waals surface area contributed by atoms with Gasteiger partial charge in [0.2, 0.25) is 10.0 Å². The van der Waals surface area contributed by atoms with Gasteiger partial charge in [0.15, 0.2) is 0 Å². The molecule has 0 saturated carbocycles. The summed E-state index contributed by atoms with van der Waals surface area (Å²) in [5.74, 6) is 0.394. The van der Waals surface area contributed by atoms with Crippen LogP contribution < -0.4 is 0 Å². The fourth-order valence-corrected chi connectivity index (χ4v) is 4.45. The van der Waals surface area contributed by atoms with Gasteiger partial charge in [-0.1, -0.05) is 6.07 Å². The lowest BCUT2D eigenvalue weighted by Gasteiger charge is -2.23. The number of nitro benzene ring substituents is 1. The van der Waals surface area contributed by atoms with Gasteiger partial charge in [-0.15, -0.1) is 11.6 Å². The number of benzene rings is 1. The molecule has 1 aliphatic heterocycles. The second-order valence-corrected chi connectivity index (χ2v) is 6.91. The van der Waals surface area contributed by atoms with Crippen molar-refractivity contribution in [3.05, 3.63) is 34.4 Å². The highest BCUT2D eigenvalue weighted by Crippen LogP contribution is 2.29. The fourth-order valence-electron chi connectivity index (χ4n) is 2.43. The Morgan fingerprint density at radius 2 is 2.20 bits per heavy atom. The van der Waals surface area contributed by atoms with Crippen molar-refractivity contribution < 1.29 is 13.3 Å². The lowest BCUT2D eigenvalue weighted by Crippen LogP contribution is -2.35. The first-order valence-electron chi connectivity index (χ1n) is 6.29. The molecule has 6 nitrogen and oxygen atoms in total. The Morgan fingerprint density at radius 1 is 1.45 bits per heavy atom. The first-order valence-corrected chi connectivity index (χ1v) is 8.26. The van der Waals surface area contributed by atoms with E-state index >= 15 is 0 Å². The zero-order chi connectivity index (χ0) is 14.8. The summed E-state index contributed by atoms with van der Waals surface area (Å²) in [6.07, 6.45) is 2.16. The van der Waals surface area contributed by atoms with Gasteiger partial charge in [0.1, 0.15) is 0 Å². The number of hydrogen-bond donors (Lipinski definition) is 0. The molecule has 110 valence electrons. The van der Waals surface area contributed by atoms with Crippen molar-refractivity contribution in [2.75, 3.05) is 12.4 Å². The average molecular weight is 319 g/mol. The van der Waals surface area contributed by atoms with E-state index in [1.807, 2.05) is 0 Å². The van der Waals surface area contributed by atoms with Crippen LogP contribution in [-0.2, 0) is 10.0 Å². The molecule has 0 spiro atoms. The topological polar surface area (TPSA) is 80.5 Å². The van der Waals surface area contributed by atoms with Gasteiger partial charge in [0.25, 0.3) is 5.69 Å². The molecule has 20 heavy (non-hydrogen) atoms. The Morgan fingerprint density at radius 3 is 2.85 bits per heavy atom. The predicted molar refractivity (Wildman–Crippen MR) is 75.3 cm³/mol. The molecule has 0 aromatic heterocycles. The standard InChI is InChI=1S/C12H15ClN2O4S/c13-7-6-10-4-2-8-14(10)20(18,19)12-5-1-3-11(9-12)15(16)17/h1,3,5,9-10H,2,4,6-8H2. The van der Waals surface area contributed by atoms with Crippen LogP contribution in [0.25, 0.3) is 0 Å². The van der Waals surface area contributed by atoms with Crippen molar-refractivity contribution in [3.63, 3.8) is 0 Å². The fraction of sp³-hybridized carbons (Fsp3) is 0.500. The zero-order valence-electron chi connectivity index (χ0n) is 10.7. The van der Waals surface area contributed by atoms with Crippen molar-refractivity contribution in [2.24, 2.45) is 0 Å². The van der Waals surface area contributed by atoms with Crippen LogP contribution in [0.2, 0.25) is 0 Å². The SMILES string of the molecule is O=[N+]([O-])c1cccc(S(=O)(=O)N2CCCC2CCCl)c1. The van der Waals surface area contributed by atoms with E-state index in [4.69, 9.17) is 11.6 Å². The average Bonchev–Trinajstić information content (AvgIpc) is 2.88. The van der Waals surface area contributed by atoms with Crippen LogP contribution in [0.15, 0.2) is 29.2 Å². The van der Waals surface area contributed by atoms with E-state index in [1.165, 1.54) is 22.5 Å². The third-order valence-corrected chi connectivity index (χ3v) is 5.57. The lowest BCUT2D eigenvalue weighted by atomic mass is 10.2. The molecule has 0 aliphatic carbocycles. The third kappa shape index (κ3) is 2.94. The molecular weight excluding hydrogens is 304 g/mol. The van der Waals surface area contributed by atoms with Crippen LogP contribution in [0.4, 0.5) is 5.69 Å². The normalized spacial score (nSPS) is 20.1. The minimum atomic E-state index is -3.70. The van der Waals surface area contributed by atoms with Crippen LogP contribution in [0.3, 0.4) is 0 Å². The summed E-state index contributed by atoms with van der Waals surface area (Å²) in [5.41, 5.74) is -0.223.